The quantitative estimate of drug-likeness (QED) is 0.626. The molecule has 0 radical (unpaired) electrons. The Labute approximate surface area is 115 Å². The van der Waals surface area contributed by atoms with Crippen LogP contribution >= 0.6 is 0 Å². The lowest BCUT2D eigenvalue weighted by molar-refractivity contribution is 0.0696. The molecule has 1 aliphatic rings. The molecule has 1 aliphatic heterocycles. The Kier molecular flexibility index (Phi) is 3.09. The van der Waals surface area contributed by atoms with Gasteiger partial charge in [-0.2, -0.15) is 0 Å². The van der Waals surface area contributed by atoms with Crippen LogP contribution in [0.25, 0.3) is 10.4 Å². The van der Waals surface area contributed by atoms with E-state index in [9.17, 15) is 13.2 Å². The summed E-state index contributed by atoms with van der Waals surface area (Å²) in [6.07, 6.45) is 0. The summed E-state index contributed by atoms with van der Waals surface area (Å²) in [5, 5.41) is 16.9. The van der Waals surface area contributed by atoms with Crippen molar-refractivity contribution in [1.82, 2.24) is 0 Å². The number of carbonyl (C=O) groups is 1. The number of sulfone groups is 1. The van der Waals surface area contributed by atoms with Crippen molar-refractivity contribution in [3.8, 4) is 6.07 Å². The molecular weight excluding hydrogens is 280 g/mol. The molecule has 0 bridgehead atoms. The number of fused-ring (bicyclic) bond motifs is 1. The van der Waals surface area contributed by atoms with Crippen molar-refractivity contribution >= 4 is 21.4 Å². The van der Waals surface area contributed by atoms with E-state index in [0.29, 0.717) is 0 Å². The van der Waals surface area contributed by atoms with E-state index in [0.717, 1.165) is 0 Å². The highest BCUT2D eigenvalue weighted by molar-refractivity contribution is 7.93. The minimum absolute atomic E-state index is 0.0404. The van der Waals surface area contributed by atoms with Gasteiger partial charge >= 0.3 is 5.97 Å². The molecular formula is C13H8N2O4S. The smallest absolute Gasteiger partial charge is 0.335 e. The normalized spacial score (nSPS) is 21.4. The molecule has 6 nitrogen and oxygen atoms in total. The molecule has 1 heterocycles. The van der Waals surface area contributed by atoms with E-state index in [4.69, 9.17) is 16.9 Å². The van der Waals surface area contributed by atoms with Crippen molar-refractivity contribution in [2.75, 3.05) is 0 Å². The van der Waals surface area contributed by atoms with Gasteiger partial charge in [0.1, 0.15) is 0 Å². The molecule has 1 aromatic rings. The molecule has 20 heavy (non-hydrogen) atoms. The average molecular weight is 288 g/mol. The second kappa shape index (κ2) is 4.48. The molecule has 7 heteroatoms. The number of rotatable bonds is 1. The standard InChI is InChI=1S/C13H8N2O4S/c1-7-12(10(6-14)15-2)9-5-8(13(16)17)3-4-11(9)20(7,18)19/h3-5,7H,1H3,(H,16,17). The second-order valence-corrected chi connectivity index (χ2v) is 6.43. The maximum absolute atomic E-state index is 12.2. The first-order chi connectivity index (χ1) is 9.34. The Morgan fingerprint density at radius 1 is 1.50 bits per heavy atom. The molecule has 1 N–H and O–H groups in total. The number of nitrogens with zero attached hydrogens (tertiary/aromatic N) is 2. The first kappa shape index (κ1) is 13.8. The van der Waals surface area contributed by atoms with E-state index in [1.807, 2.05) is 0 Å². The second-order valence-electron chi connectivity index (χ2n) is 4.19. The van der Waals surface area contributed by atoms with Gasteiger partial charge in [0.05, 0.1) is 28.4 Å². The van der Waals surface area contributed by atoms with Gasteiger partial charge in [-0.3, -0.25) is 0 Å². The van der Waals surface area contributed by atoms with Crippen molar-refractivity contribution in [1.29, 1.82) is 5.26 Å². The largest absolute Gasteiger partial charge is 0.478 e. The molecule has 0 aliphatic carbocycles. The van der Waals surface area contributed by atoms with Gasteiger partial charge < -0.3 is 5.11 Å². The molecule has 0 saturated heterocycles. The molecule has 1 aromatic carbocycles. The van der Waals surface area contributed by atoms with Crippen molar-refractivity contribution in [3.63, 3.8) is 0 Å². The Bertz CT molecular complexity index is 822. The fourth-order valence-corrected chi connectivity index (χ4v) is 3.81. The monoisotopic (exact) mass is 288 g/mol. The van der Waals surface area contributed by atoms with Crippen LogP contribution in [0, 0.1) is 17.9 Å². The summed E-state index contributed by atoms with van der Waals surface area (Å²) < 4.78 is 24.4. The molecule has 1 unspecified atom stereocenters. The number of hydrogen-bond acceptors (Lipinski definition) is 4. The first-order valence-corrected chi connectivity index (χ1v) is 7.02. The highest BCUT2D eigenvalue weighted by Gasteiger charge is 2.40. The van der Waals surface area contributed by atoms with Crippen LogP contribution in [0.4, 0.5) is 0 Å². The summed E-state index contributed by atoms with van der Waals surface area (Å²) in [6, 6.07) is 5.25. The molecule has 0 aromatic heterocycles. The average Bonchev–Trinajstić information content (AvgIpc) is 2.61. The van der Waals surface area contributed by atoms with Crippen molar-refractivity contribution in [2.24, 2.45) is 0 Å². The summed E-state index contributed by atoms with van der Waals surface area (Å²) >= 11 is 0. The first-order valence-electron chi connectivity index (χ1n) is 5.48. The van der Waals surface area contributed by atoms with E-state index in [-0.39, 0.29) is 27.3 Å². The van der Waals surface area contributed by atoms with E-state index < -0.39 is 21.1 Å². The van der Waals surface area contributed by atoms with Crippen LogP contribution in [0.1, 0.15) is 22.8 Å². The maximum Gasteiger partial charge on any atom is 0.335 e. The van der Waals surface area contributed by atoms with Crippen molar-refractivity contribution < 1.29 is 18.3 Å². The van der Waals surface area contributed by atoms with Crippen LogP contribution in [0.15, 0.2) is 28.8 Å². The van der Waals surface area contributed by atoms with Crippen LogP contribution in [-0.4, -0.2) is 24.7 Å². The maximum atomic E-state index is 12.2. The lowest BCUT2D eigenvalue weighted by Crippen LogP contribution is -2.11. The number of nitriles is 1. The minimum atomic E-state index is -3.69. The highest BCUT2D eigenvalue weighted by atomic mass is 32.2. The van der Waals surface area contributed by atoms with Crippen LogP contribution < -0.4 is 0 Å². The van der Waals surface area contributed by atoms with E-state index >= 15 is 0 Å². The summed E-state index contributed by atoms with van der Waals surface area (Å²) in [5.41, 5.74) is -0.222. The van der Waals surface area contributed by atoms with Crippen LogP contribution in [0.5, 0.6) is 0 Å². The van der Waals surface area contributed by atoms with Crippen molar-refractivity contribution in [2.45, 2.75) is 17.1 Å². The predicted octanol–water partition coefficient (Wildman–Crippen LogP) is 1.71. The number of carboxylic acids is 1. The highest BCUT2D eigenvalue weighted by Crippen LogP contribution is 2.42. The van der Waals surface area contributed by atoms with Crippen LogP contribution in [0.3, 0.4) is 0 Å². The SMILES string of the molecule is [C-]#[N+]C(C#N)=C1c2cc(C(=O)O)ccc2S(=O)(=O)C1C. The molecule has 0 saturated carbocycles. The van der Waals surface area contributed by atoms with Gasteiger partial charge in [0.2, 0.25) is 0 Å². The summed E-state index contributed by atoms with van der Waals surface area (Å²) in [7, 11) is -3.69. The van der Waals surface area contributed by atoms with Gasteiger partial charge in [-0.25, -0.2) is 23.3 Å². The van der Waals surface area contributed by atoms with Gasteiger partial charge in [-0.05, 0) is 36.3 Å². The number of hydrogen-bond donors (Lipinski definition) is 1. The number of benzene rings is 1. The molecule has 1 atom stereocenters. The number of carboxylic acid groups (broad SMARTS) is 1. The minimum Gasteiger partial charge on any atom is -0.478 e. The Balaban J connectivity index is 2.91. The topological polar surface area (TPSA) is 99.6 Å². The van der Waals surface area contributed by atoms with E-state index in [1.54, 1.807) is 6.07 Å². The molecule has 0 fully saturated rings. The van der Waals surface area contributed by atoms with Gasteiger partial charge in [0.25, 0.3) is 5.70 Å². The Morgan fingerprint density at radius 3 is 2.65 bits per heavy atom. The van der Waals surface area contributed by atoms with Gasteiger partial charge in [0, 0.05) is 0 Å². The van der Waals surface area contributed by atoms with Gasteiger partial charge in [-0.15, -0.1) is 0 Å². The van der Waals surface area contributed by atoms with Gasteiger partial charge in [-0.1, -0.05) is 0 Å². The lowest BCUT2D eigenvalue weighted by Gasteiger charge is -2.04. The van der Waals surface area contributed by atoms with Crippen LogP contribution in [0.2, 0.25) is 0 Å². The molecule has 100 valence electrons. The Hall–Kier alpha value is -2.64. The molecule has 0 spiro atoms. The molecule has 0 amide bonds. The predicted molar refractivity (Wildman–Crippen MR) is 69.2 cm³/mol. The van der Waals surface area contributed by atoms with Gasteiger partial charge in [0.15, 0.2) is 9.84 Å². The van der Waals surface area contributed by atoms with Crippen molar-refractivity contribution in [3.05, 3.63) is 46.4 Å². The number of aromatic carboxylic acids is 1. The zero-order chi connectivity index (χ0) is 15.1. The zero-order valence-electron chi connectivity index (χ0n) is 10.3. The third-order valence-electron chi connectivity index (χ3n) is 3.17. The van der Waals surface area contributed by atoms with Crippen LogP contribution in [-0.2, 0) is 9.84 Å². The third-order valence-corrected chi connectivity index (χ3v) is 5.30. The fraction of sp³-hybridized carbons (Fsp3) is 0.154. The molecule has 2 rings (SSSR count). The Morgan fingerprint density at radius 2 is 2.15 bits per heavy atom. The lowest BCUT2D eigenvalue weighted by atomic mass is 9.99. The van der Waals surface area contributed by atoms with E-state index in [1.165, 1.54) is 25.1 Å². The summed E-state index contributed by atoms with van der Waals surface area (Å²) in [5.74, 6) is -1.20. The fourth-order valence-electron chi connectivity index (χ4n) is 2.15. The number of allylic oxidation sites excluding steroid dienone is 1. The third kappa shape index (κ3) is 1.77. The zero-order valence-corrected chi connectivity index (χ0v) is 11.1. The van der Waals surface area contributed by atoms with E-state index in [2.05, 4.69) is 4.85 Å². The summed E-state index contributed by atoms with van der Waals surface area (Å²) in [4.78, 5) is 14.0. The summed E-state index contributed by atoms with van der Waals surface area (Å²) in [6.45, 7) is 8.34.